The molecule has 0 aliphatic carbocycles. The van der Waals surface area contributed by atoms with Gasteiger partial charge in [-0.2, -0.15) is 0 Å². The lowest BCUT2D eigenvalue weighted by Gasteiger charge is -2.03. The van der Waals surface area contributed by atoms with Gasteiger partial charge in [-0.15, -0.1) is 11.3 Å². The van der Waals surface area contributed by atoms with Crippen molar-refractivity contribution in [1.29, 1.82) is 0 Å². The fraction of sp³-hybridized carbons (Fsp3) is 0.111. The Hall–Kier alpha value is -0.740. The molecule has 0 radical (unpaired) electrons. The number of alkyl halides is 1. The maximum absolute atomic E-state index is 9.60. The van der Waals surface area contributed by atoms with Crippen LogP contribution in [0.2, 0.25) is 0 Å². The van der Waals surface area contributed by atoms with E-state index >= 15 is 0 Å². The maximum Gasteiger partial charge on any atom is 0.175 e. The zero-order valence-corrected chi connectivity index (χ0v) is 9.02. The molecule has 0 spiro atoms. The van der Waals surface area contributed by atoms with E-state index in [-0.39, 0.29) is 11.5 Å². The van der Waals surface area contributed by atoms with Crippen LogP contribution in [-0.2, 0) is 5.33 Å². The Morgan fingerprint density at radius 2 is 2.08 bits per heavy atom. The van der Waals surface area contributed by atoms with E-state index in [1.165, 1.54) is 11.3 Å². The SMILES string of the molecule is Oc1c(CBr)cc2ccsc2c1O. The van der Waals surface area contributed by atoms with Gasteiger partial charge in [0, 0.05) is 10.9 Å². The van der Waals surface area contributed by atoms with Gasteiger partial charge in [0.2, 0.25) is 0 Å². The zero-order chi connectivity index (χ0) is 9.42. The second kappa shape index (κ2) is 3.20. The first-order valence-corrected chi connectivity index (χ1v) is 5.71. The maximum atomic E-state index is 9.60. The van der Waals surface area contributed by atoms with E-state index in [2.05, 4.69) is 15.9 Å². The average molecular weight is 259 g/mol. The second-order valence-electron chi connectivity index (χ2n) is 2.71. The van der Waals surface area contributed by atoms with Crippen molar-refractivity contribution in [3.8, 4) is 11.5 Å². The molecule has 0 atom stereocenters. The highest BCUT2D eigenvalue weighted by Gasteiger charge is 2.11. The quantitative estimate of drug-likeness (QED) is 0.609. The largest absolute Gasteiger partial charge is 0.504 e. The van der Waals surface area contributed by atoms with Gasteiger partial charge in [0.05, 0.1) is 4.70 Å². The molecule has 2 rings (SSSR count). The van der Waals surface area contributed by atoms with Gasteiger partial charge in [-0.05, 0) is 22.9 Å². The van der Waals surface area contributed by atoms with E-state index in [0.717, 1.165) is 10.1 Å². The molecule has 13 heavy (non-hydrogen) atoms. The summed E-state index contributed by atoms with van der Waals surface area (Å²) in [6, 6.07) is 3.79. The average Bonchev–Trinajstić information content (AvgIpc) is 2.59. The fourth-order valence-electron chi connectivity index (χ4n) is 1.24. The Morgan fingerprint density at radius 1 is 1.31 bits per heavy atom. The Balaban J connectivity index is 2.83. The first kappa shape index (κ1) is 8.84. The molecule has 68 valence electrons. The second-order valence-corrected chi connectivity index (χ2v) is 4.18. The van der Waals surface area contributed by atoms with Crippen LogP contribution in [0, 0.1) is 0 Å². The zero-order valence-electron chi connectivity index (χ0n) is 6.62. The minimum absolute atomic E-state index is 0.0121. The number of phenols is 2. The number of phenolic OH excluding ortho intramolecular Hbond substituents is 2. The van der Waals surface area contributed by atoms with Crippen LogP contribution in [0.15, 0.2) is 17.5 Å². The van der Waals surface area contributed by atoms with E-state index < -0.39 is 0 Å². The molecule has 0 saturated heterocycles. The summed E-state index contributed by atoms with van der Waals surface area (Å²) < 4.78 is 0.738. The van der Waals surface area contributed by atoms with E-state index in [4.69, 9.17) is 0 Å². The van der Waals surface area contributed by atoms with E-state index in [9.17, 15) is 10.2 Å². The molecule has 2 nitrogen and oxygen atoms in total. The number of hydrogen-bond donors (Lipinski definition) is 2. The van der Waals surface area contributed by atoms with E-state index in [1.54, 1.807) is 0 Å². The van der Waals surface area contributed by atoms with Gasteiger partial charge < -0.3 is 10.2 Å². The molecule has 0 bridgehead atoms. The van der Waals surface area contributed by atoms with E-state index in [1.807, 2.05) is 17.5 Å². The molecule has 0 aliphatic heterocycles. The lowest BCUT2D eigenvalue weighted by atomic mass is 10.1. The highest BCUT2D eigenvalue weighted by atomic mass is 79.9. The van der Waals surface area contributed by atoms with Crippen LogP contribution < -0.4 is 0 Å². The molecule has 1 heterocycles. The molecule has 0 fully saturated rings. The predicted octanol–water partition coefficient (Wildman–Crippen LogP) is 3.21. The highest BCUT2D eigenvalue weighted by Crippen LogP contribution is 2.40. The molecule has 0 amide bonds. The lowest BCUT2D eigenvalue weighted by Crippen LogP contribution is -1.79. The topological polar surface area (TPSA) is 40.5 Å². The molecular weight excluding hydrogens is 252 g/mol. The summed E-state index contributed by atoms with van der Waals surface area (Å²) in [4.78, 5) is 0. The van der Waals surface area contributed by atoms with Crippen LogP contribution in [0.25, 0.3) is 10.1 Å². The fourth-order valence-corrected chi connectivity index (χ4v) is 2.49. The van der Waals surface area contributed by atoms with Crippen LogP contribution in [0.5, 0.6) is 11.5 Å². The van der Waals surface area contributed by atoms with Gasteiger partial charge >= 0.3 is 0 Å². The lowest BCUT2D eigenvalue weighted by molar-refractivity contribution is 0.406. The van der Waals surface area contributed by atoms with Crippen molar-refractivity contribution in [2.75, 3.05) is 0 Å². The Bertz CT molecular complexity index is 450. The van der Waals surface area contributed by atoms with Crippen LogP contribution in [0.3, 0.4) is 0 Å². The normalized spacial score (nSPS) is 10.8. The van der Waals surface area contributed by atoms with Gasteiger partial charge in [-0.3, -0.25) is 0 Å². The monoisotopic (exact) mass is 258 g/mol. The number of fused-ring (bicyclic) bond motifs is 1. The summed E-state index contributed by atoms with van der Waals surface area (Å²) in [6.45, 7) is 0. The third-order valence-electron chi connectivity index (χ3n) is 1.91. The van der Waals surface area contributed by atoms with Gasteiger partial charge in [-0.1, -0.05) is 15.9 Å². The molecular formula is C9H7BrO2S. The Morgan fingerprint density at radius 3 is 2.77 bits per heavy atom. The van der Waals surface area contributed by atoms with Crippen molar-refractivity contribution in [3.05, 3.63) is 23.1 Å². The molecule has 0 aliphatic rings. The third-order valence-corrected chi connectivity index (χ3v) is 3.45. The van der Waals surface area contributed by atoms with Crippen molar-refractivity contribution < 1.29 is 10.2 Å². The highest BCUT2D eigenvalue weighted by molar-refractivity contribution is 9.08. The number of benzene rings is 1. The molecule has 4 heteroatoms. The number of halogens is 1. The minimum Gasteiger partial charge on any atom is -0.504 e. The van der Waals surface area contributed by atoms with Crippen LogP contribution >= 0.6 is 27.3 Å². The molecule has 1 aromatic carbocycles. The standard InChI is InChI=1S/C9H7BrO2S/c10-4-6-3-5-1-2-13-9(5)8(12)7(6)11/h1-3,11-12H,4H2. The summed E-state index contributed by atoms with van der Waals surface area (Å²) in [5.41, 5.74) is 0.711. The van der Waals surface area contributed by atoms with Crippen LogP contribution in [0.4, 0.5) is 0 Å². The van der Waals surface area contributed by atoms with Crippen LogP contribution in [0.1, 0.15) is 5.56 Å². The van der Waals surface area contributed by atoms with Crippen molar-refractivity contribution >= 4 is 37.4 Å². The minimum atomic E-state index is -0.0215. The van der Waals surface area contributed by atoms with Crippen molar-refractivity contribution in [2.24, 2.45) is 0 Å². The first-order chi connectivity index (χ1) is 6.24. The molecule has 0 saturated carbocycles. The number of hydrogen-bond acceptors (Lipinski definition) is 3. The van der Waals surface area contributed by atoms with Crippen LogP contribution in [-0.4, -0.2) is 10.2 Å². The summed E-state index contributed by atoms with van der Waals surface area (Å²) >= 11 is 4.67. The van der Waals surface area contributed by atoms with Gasteiger partial charge in [-0.25, -0.2) is 0 Å². The summed E-state index contributed by atoms with van der Waals surface area (Å²) in [5.74, 6) is -0.0335. The van der Waals surface area contributed by atoms with Crippen molar-refractivity contribution in [2.45, 2.75) is 5.33 Å². The van der Waals surface area contributed by atoms with Gasteiger partial charge in [0.1, 0.15) is 0 Å². The summed E-state index contributed by atoms with van der Waals surface area (Å²) in [5, 5.41) is 22.5. The first-order valence-electron chi connectivity index (χ1n) is 3.71. The molecule has 2 N–H and O–H groups in total. The van der Waals surface area contributed by atoms with Gasteiger partial charge in [0.25, 0.3) is 0 Å². The molecule has 1 aromatic heterocycles. The summed E-state index contributed by atoms with van der Waals surface area (Å²) in [6.07, 6.45) is 0. The predicted molar refractivity (Wildman–Crippen MR) is 57.8 cm³/mol. The molecule has 2 aromatic rings. The number of rotatable bonds is 1. The smallest absolute Gasteiger partial charge is 0.175 e. The third kappa shape index (κ3) is 1.30. The number of aromatic hydroxyl groups is 2. The summed E-state index contributed by atoms with van der Waals surface area (Å²) in [7, 11) is 0. The molecule has 0 unspecified atom stereocenters. The van der Waals surface area contributed by atoms with Crippen molar-refractivity contribution in [3.63, 3.8) is 0 Å². The number of thiophene rings is 1. The Labute approximate surface area is 87.6 Å². The van der Waals surface area contributed by atoms with E-state index in [0.29, 0.717) is 10.9 Å². The Kier molecular flexibility index (Phi) is 2.17. The van der Waals surface area contributed by atoms with Gasteiger partial charge in [0.15, 0.2) is 11.5 Å². The van der Waals surface area contributed by atoms with Crippen molar-refractivity contribution in [1.82, 2.24) is 0 Å².